The van der Waals surface area contributed by atoms with E-state index in [1.807, 2.05) is 0 Å². The maximum absolute atomic E-state index is 9.57. The van der Waals surface area contributed by atoms with Gasteiger partial charge in [0.15, 0.2) is 0 Å². The summed E-state index contributed by atoms with van der Waals surface area (Å²) in [5.74, 6) is 0. The molecule has 12 heavy (non-hydrogen) atoms. The molecule has 0 bridgehead atoms. The summed E-state index contributed by atoms with van der Waals surface area (Å²) < 4.78 is 59.4. The number of hydrogen-bond donors (Lipinski definition) is 2. The standard InChI is InChI=1S/Nb.H2O9S2/c;1-10(2,3)8-7-9-11(4,5)6/h;(H,1,2,3)(H,4,5,6). The second-order valence-corrected chi connectivity index (χ2v) is 3.04. The Morgan fingerprint density at radius 1 is 0.833 bits per heavy atom. The summed E-state index contributed by atoms with van der Waals surface area (Å²) in [6.07, 6.45) is 0. The minimum atomic E-state index is -4.97. The van der Waals surface area contributed by atoms with Crippen LogP contribution in [0.15, 0.2) is 0 Å². The van der Waals surface area contributed by atoms with Crippen molar-refractivity contribution in [3.8, 4) is 0 Å². The minimum absolute atomic E-state index is 0. The predicted octanol–water partition coefficient (Wildman–Crippen LogP) is -1.53. The van der Waals surface area contributed by atoms with Crippen molar-refractivity contribution in [2.45, 2.75) is 0 Å². The molecule has 0 amide bonds. The van der Waals surface area contributed by atoms with Crippen LogP contribution in [0.4, 0.5) is 0 Å². The summed E-state index contributed by atoms with van der Waals surface area (Å²) in [4.78, 5) is 0. The molecule has 1 radical (unpaired) electrons. The van der Waals surface area contributed by atoms with E-state index in [2.05, 4.69) is 13.7 Å². The molecule has 0 aliphatic heterocycles. The van der Waals surface area contributed by atoms with Gasteiger partial charge in [0.05, 0.1) is 0 Å². The zero-order valence-electron chi connectivity index (χ0n) is 5.02. The van der Waals surface area contributed by atoms with Gasteiger partial charge in [0.2, 0.25) is 0 Å². The fourth-order valence-corrected chi connectivity index (χ4v) is 0.313. The van der Waals surface area contributed by atoms with Crippen molar-refractivity contribution in [2.75, 3.05) is 0 Å². The van der Waals surface area contributed by atoms with Crippen molar-refractivity contribution in [1.82, 2.24) is 0 Å². The normalized spacial score (nSPS) is 12.2. The Morgan fingerprint density at radius 2 is 1.08 bits per heavy atom. The third-order valence-corrected chi connectivity index (χ3v) is 0.683. The van der Waals surface area contributed by atoms with Crippen molar-refractivity contribution in [3.05, 3.63) is 0 Å². The first kappa shape index (κ1) is 14.9. The van der Waals surface area contributed by atoms with Crippen LogP contribution in [0.2, 0.25) is 0 Å². The second kappa shape index (κ2) is 5.23. The molecule has 0 heterocycles. The summed E-state index contributed by atoms with van der Waals surface area (Å²) in [6, 6.07) is 0. The van der Waals surface area contributed by atoms with Gasteiger partial charge in [0.25, 0.3) is 0 Å². The first-order valence-corrected chi connectivity index (χ1v) is 4.43. The van der Waals surface area contributed by atoms with Gasteiger partial charge in [-0.3, -0.25) is 9.11 Å². The van der Waals surface area contributed by atoms with E-state index >= 15 is 0 Å². The largest absolute Gasteiger partial charge is 0.426 e. The van der Waals surface area contributed by atoms with Crippen molar-refractivity contribution in [2.24, 2.45) is 0 Å². The molecule has 0 saturated heterocycles. The van der Waals surface area contributed by atoms with E-state index in [1.54, 1.807) is 0 Å². The van der Waals surface area contributed by atoms with Crippen molar-refractivity contribution >= 4 is 20.8 Å². The molecule has 0 spiro atoms. The van der Waals surface area contributed by atoms with Crippen LogP contribution in [-0.4, -0.2) is 25.9 Å². The van der Waals surface area contributed by atoms with E-state index in [-0.39, 0.29) is 22.4 Å². The Morgan fingerprint density at radius 3 is 1.25 bits per heavy atom. The van der Waals surface area contributed by atoms with Crippen molar-refractivity contribution < 1.29 is 62.0 Å². The number of rotatable bonds is 4. The van der Waals surface area contributed by atoms with Gasteiger partial charge in [-0.2, -0.15) is 16.8 Å². The first-order valence-electron chi connectivity index (χ1n) is 1.70. The molecular weight excluding hydrogens is 301 g/mol. The molecule has 0 aliphatic rings. The fourth-order valence-electron chi connectivity index (χ4n) is 0.0815. The van der Waals surface area contributed by atoms with E-state index in [0.717, 1.165) is 0 Å². The van der Waals surface area contributed by atoms with Crippen LogP contribution in [0, 0.1) is 0 Å². The molecule has 0 aliphatic carbocycles. The van der Waals surface area contributed by atoms with Crippen LogP contribution in [0.5, 0.6) is 0 Å². The predicted molar refractivity (Wildman–Crippen MR) is 26.4 cm³/mol. The molecule has 0 unspecified atom stereocenters. The Kier molecular flexibility index (Phi) is 6.51. The van der Waals surface area contributed by atoms with E-state index < -0.39 is 20.8 Å². The van der Waals surface area contributed by atoms with Gasteiger partial charge in [-0.1, -0.05) is 8.67 Å². The molecule has 12 heteroatoms. The molecule has 0 saturated carbocycles. The zero-order valence-corrected chi connectivity index (χ0v) is 8.85. The summed E-state index contributed by atoms with van der Waals surface area (Å²) >= 11 is 0. The molecule has 9 nitrogen and oxygen atoms in total. The zero-order chi connectivity index (χ0) is 9.12. The van der Waals surface area contributed by atoms with Gasteiger partial charge in [-0.25, -0.2) is 0 Å². The Bertz CT molecular complexity index is 261. The Hall–Kier alpha value is 0.440. The van der Waals surface area contributed by atoms with E-state index in [0.29, 0.717) is 0 Å². The van der Waals surface area contributed by atoms with Gasteiger partial charge >= 0.3 is 20.8 Å². The SMILES string of the molecule is O=S(=O)(O)OOOS(=O)(=O)O.[Nb]. The van der Waals surface area contributed by atoms with Gasteiger partial charge in [0.1, 0.15) is 0 Å². The third-order valence-electron chi connectivity index (χ3n) is 0.228. The van der Waals surface area contributed by atoms with Crippen LogP contribution in [-0.2, 0) is 56.9 Å². The molecule has 0 aromatic rings. The number of hydrogen-bond acceptors (Lipinski definition) is 7. The monoisotopic (exact) mass is 303 g/mol. The summed E-state index contributed by atoms with van der Waals surface area (Å²) in [5, 5.41) is 2.89. The van der Waals surface area contributed by atoms with E-state index in [1.165, 1.54) is 0 Å². The van der Waals surface area contributed by atoms with E-state index in [9.17, 15) is 16.8 Å². The maximum atomic E-state index is 9.57. The van der Waals surface area contributed by atoms with Crippen LogP contribution >= 0.6 is 0 Å². The van der Waals surface area contributed by atoms with E-state index in [4.69, 9.17) is 9.11 Å². The maximum Gasteiger partial charge on any atom is 0.426 e. The Balaban J connectivity index is 0. The van der Waals surface area contributed by atoms with Crippen LogP contribution in [0.25, 0.3) is 0 Å². The van der Waals surface area contributed by atoms with Crippen LogP contribution in [0.1, 0.15) is 0 Å². The molecule has 73 valence electrons. The molecule has 2 N–H and O–H groups in total. The summed E-state index contributed by atoms with van der Waals surface area (Å²) in [7, 11) is -9.94. The molecular formula is H2NbO9S2. The fraction of sp³-hybridized carbons (Fsp3) is 0. The van der Waals surface area contributed by atoms with Crippen LogP contribution in [0.3, 0.4) is 0 Å². The average Bonchev–Trinajstić information content (AvgIpc) is 1.55. The van der Waals surface area contributed by atoms with Crippen LogP contribution < -0.4 is 0 Å². The smallest absolute Gasteiger partial charge is 0.262 e. The van der Waals surface area contributed by atoms with Crippen molar-refractivity contribution in [3.63, 3.8) is 0 Å². The van der Waals surface area contributed by atoms with Gasteiger partial charge in [-0.05, 0) is 5.04 Å². The average molecular weight is 303 g/mol. The quantitative estimate of drug-likeness (QED) is 0.274. The third kappa shape index (κ3) is 13.1. The van der Waals surface area contributed by atoms with Gasteiger partial charge in [0, 0.05) is 22.4 Å². The molecule has 0 atom stereocenters. The second-order valence-electron chi connectivity index (χ2n) is 1.06. The van der Waals surface area contributed by atoms with Crippen molar-refractivity contribution in [1.29, 1.82) is 0 Å². The molecule has 0 aromatic heterocycles. The topological polar surface area (TPSA) is 136 Å². The minimum Gasteiger partial charge on any atom is -0.262 e. The molecule has 0 aromatic carbocycles. The molecule has 0 fully saturated rings. The molecule has 0 rings (SSSR count). The first-order chi connectivity index (χ1) is 4.71. The Labute approximate surface area is 82.9 Å². The van der Waals surface area contributed by atoms with Gasteiger partial charge in [-0.15, -0.1) is 0 Å². The summed E-state index contributed by atoms with van der Waals surface area (Å²) in [5.41, 5.74) is 0. The van der Waals surface area contributed by atoms with Gasteiger partial charge < -0.3 is 0 Å². The summed E-state index contributed by atoms with van der Waals surface area (Å²) in [6.45, 7) is 0.